The summed E-state index contributed by atoms with van der Waals surface area (Å²) in [6.07, 6.45) is 0. The predicted molar refractivity (Wildman–Crippen MR) is 134 cm³/mol. The molecule has 0 bridgehead atoms. The molecule has 1 heterocycles. The molecule has 9 heteroatoms. The fourth-order valence-electron chi connectivity index (χ4n) is 3.53. The first-order valence-electron chi connectivity index (χ1n) is 10.8. The molecule has 2 N–H and O–H groups in total. The van der Waals surface area contributed by atoms with E-state index in [4.69, 9.17) is 21.1 Å². The lowest BCUT2D eigenvalue weighted by Gasteiger charge is -2.16. The lowest BCUT2D eigenvalue weighted by Crippen LogP contribution is -2.32. The van der Waals surface area contributed by atoms with Crippen molar-refractivity contribution in [2.45, 2.75) is 6.92 Å². The molecule has 3 amide bonds. The van der Waals surface area contributed by atoms with Crippen LogP contribution in [0, 0.1) is 0 Å². The van der Waals surface area contributed by atoms with Crippen LogP contribution >= 0.6 is 11.6 Å². The summed E-state index contributed by atoms with van der Waals surface area (Å²) in [5.74, 6) is -0.475. The van der Waals surface area contributed by atoms with Gasteiger partial charge in [0.15, 0.2) is 0 Å². The molecule has 0 saturated carbocycles. The quantitative estimate of drug-likeness (QED) is 0.440. The van der Waals surface area contributed by atoms with Gasteiger partial charge in [0.25, 0.3) is 17.7 Å². The van der Waals surface area contributed by atoms with Crippen molar-refractivity contribution in [1.29, 1.82) is 0 Å². The first kappa shape index (κ1) is 23.8. The molecular formula is C26H22ClN3O5. The van der Waals surface area contributed by atoms with Crippen LogP contribution in [0.5, 0.6) is 11.5 Å². The minimum Gasteiger partial charge on any atom is -0.495 e. The molecule has 1 aliphatic heterocycles. The van der Waals surface area contributed by atoms with Crippen molar-refractivity contribution >= 4 is 46.4 Å². The second kappa shape index (κ2) is 10.3. The molecule has 0 unspecified atom stereocenters. The molecule has 0 saturated heterocycles. The lowest BCUT2D eigenvalue weighted by atomic mass is 10.1. The molecule has 0 aliphatic carbocycles. The van der Waals surface area contributed by atoms with Gasteiger partial charge in [-0.1, -0.05) is 29.8 Å². The zero-order valence-electron chi connectivity index (χ0n) is 19.0. The zero-order valence-corrected chi connectivity index (χ0v) is 19.8. The Labute approximate surface area is 207 Å². The fourth-order valence-corrected chi connectivity index (χ4v) is 3.74. The Morgan fingerprint density at radius 1 is 0.971 bits per heavy atom. The van der Waals surface area contributed by atoms with Gasteiger partial charge < -0.3 is 20.1 Å². The molecule has 0 spiro atoms. The third-order valence-corrected chi connectivity index (χ3v) is 5.53. The molecule has 3 aromatic carbocycles. The van der Waals surface area contributed by atoms with E-state index in [0.29, 0.717) is 40.7 Å². The topological polar surface area (TPSA) is 97.0 Å². The van der Waals surface area contributed by atoms with Gasteiger partial charge >= 0.3 is 0 Å². The number of nitrogens with zero attached hydrogens (tertiary/aromatic N) is 1. The Kier molecular flexibility index (Phi) is 7.03. The number of ether oxygens (including phenoxy) is 2. The number of para-hydroxylation sites is 2. The highest BCUT2D eigenvalue weighted by molar-refractivity contribution is 6.53. The second-order valence-electron chi connectivity index (χ2n) is 7.42. The normalized spacial score (nSPS) is 13.2. The van der Waals surface area contributed by atoms with Gasteiger partial charge in [-0.05, 0) is 61.5 Å². The van der Waals surface area contributed by atoms with E-state index in [9.17, 15) is 14.4 Å². The largest absolute Gasteiger partial charge is 0.495 e. The Balaban J connectivity index is 1.52. The third kappa shape index (κ3) is 4.97. The van der Waals surface area contributed by atoms with Crippen molar-refractivity contribution in [2.24, 2.45) is 0 Å². The van der Waals surface area contributed by atoms with E-state index < -0.39 is 11.8 Å². The standard InChI is InChI=1S/C26H22ClN3O5/c1-3-35-19-13-11-18(12-14-19)30-25(32)22(27)23(26(30)33)28-17-8-6-7-16(15-17)24(31)29-20-9-4-5-10-21(20)34-2/h4-15,28H,3H2,1-2H3,(H,29,31). The van der Waals surface area contributed by atoms with E-state index in [1.165, 1.54) is 7.11 Å². The summed E-state index contributed by atoms with van der Waals surface area (Å²) in [6, 6.07) is 20.1. The molecule has 1 aliphatic rings. The van der Waals surface area contributed by atoms with E-state index >= 15 is 0 Å². The van der Waals surface area contributed by atoms with Crippen LogP contribution in [0.3, 0.4) is 0 Å². The van der Waals surface area contributed by atoms with Gasteiger partial charge in [-0.25, -0.2) is 4.90 Å². The van der Waals surface area contributed by atoms with Crippen molar-refractivity contribution in [3.05, 3.63) is 89.1 Å². The molecule has 178 valence electrons. The van der Waals surface area contributed by atoms with Crippen LogP contribution in [-0.2, 0) is 9.59 Å². The smallest absolute Gasteiger partial charge is 0.283 e. The second-order valence-corrected chi connectivity index (χ2v) is 7.80. The number of rotatable bonds is 8. The van der Waals surface area contributed by atoms with Crippen molar-refractivity contribution in [2.75, 3.05) is 29.3 Å². The number of hydrogen-bond donors (Lipinski definition) is 2. The molecule has 4 rings (SSSR count). The number of benzene rings is 3. The van der Waals surface area contributed by atoms with Gasteiger partial charge in [-0.15, -0.1) is 0 Å². The van der Waals surface area contributed by atoms with Crippen LogP contribution in [0.1, 0.15) is 17.3 Å². The Morgan fingerprint density at radius 3 is 2.43 bits per heavy atom. The summed E-state index contributed by atoms with van der Waals surface area (Å²) in [7, 11) is 1.52. The van der Waals surface area contributed by atoms with Crippen molar-refractivity contribution in [1.82, 2.24) is 0 Å². The van der Waals surface area contributed by atoms with Crippen LogP contribution < -0.4 is 25.0 Å². The van der Waals surface area contributed by atoms with Gasteiger partial charge in [0, 0.05) is 11.3 Å². The van der Waals surface area contributed by atoms with Gasteiger partial charge in [0.2, 0.25) is 0 Å². The maximum Gasteiger partial charge on any atom is 0.283 e. The summed E-state index contributed by atoms with van der Waals surface area (Å²) in [5, 5.41) is 5.44. The Bertz CT molecular complexity index is 1320. The first-order chi connectivity index (χ1) is 16.9. The number of nitrogens with one attached hydrogen (secondary N) is 2. The molecular weight excluding hydrogens is 470 g/mol. The molecule has 8 nitrogen and oxygen atoms in total. The van der Waals surface area contributed by atoms with Crippen LogP contribution in [0.25, 0.3) is 0 Å². The number of halogens is 1. The number of imide groups is 1. The summed E-state index contributed by atoms with van der Waals surface area (Å²) in [6.45, 7) is 2.36. The maximum absolute atomic E-state index is 13.0. The number of anilines is 3. The van der Waals surface area contributed by atoms with Crippen LogP contribution in [0.15, 0.2) is 83.5 Å². The molecule has 3 aromatic rings. The third-order valence-electron chi connectivity index (χ3n) is 5.18. The van der Waals surface area contributed by atoms with Crippen molar-refractivity contribution < 1.29 is 23.9 Å². The number of methoxy groups -OCH3 is 1. The van der Waals surface area contributed by atoms with Crippen molar-refractivity contribution in [3.63, 3.8) is 0 Å². The first-order valence-corrected chi connectivity index (χ1v) is 11.1. The average molecular weight is 492 g/mol. The van der Waals surface area contributed by atoms with E-state index in [1.54, 1.807) is 72.8 Å². The lowest BCUT2D eigenvalue weighted by molar-refractivity contribution is -0.120. The highest BCUT2D eigenvalue weighted by atomic mass is 35.5. The highest BCUT2D eigenvalue weighted by Gasteiger charge is 2.39. The minimum absolute atomic E-state index is 0.0761. The SMILES string of the molecule is CCOc1ccc(N2C(=O)C(Cl)=C(Nc3cccc(C(=O)Nc4ccccc4OC)c3)C2=O)cc1. The summed E-state index contributed by atoms with van der Waals surface area (Å²) in [4.78, 5) is 39.6. The Morgan fingerprint density at radius 2 is 1.71 bits per heavy atom. The van der Waals surface area contributed by atoms with E-state index in [2.05, 4.69) is 10.6 Å². The van der Waals surface area contributed by atoms with Gasteiger partial charge in [-0.3, -0.25) is 14.4 Å². The number of carbonyl (C=O) groups is 3. The average Bonchev–Trinajstić information content (AvgIpc) is 3.08. The van der Waals surface area contributed by atoms with Gasteiger partial charge in [0.1, 0.15) is 22.2 Å². The molecule has 0 radical (unpaired) electrons. The molecule has 0 aromatic heterocycles. The van der Waals surface area contributed by atoms with Crippen LogP contribution in [-0.4, -0.2) is 31.4 Å². The summed E-state index contributed by atoms with van der Waals surface area (Å²) in [5.41, 5.74) is 1.56. The minimum atomic E-state index is -0.645. The summed E-state index contributed by atoms with van der Waals surface area (Å²) >= 11 is 6.23. The fraction of sp³-hybridized carbons (Fsp3) is 0.115. The number of hydrogen-bond acceptors (Lipinski definition) is 6. The molecule has 0 fully saturated rings. The number of carbonyl (C=O) groups excluding carboxylic acids is 3. The monoisotopic (exact) mass is 491 g/mol. The van der Waals surface area contributed by atoms with Crippen molar-refractivity contribution in [3.8, 4) is 11.5 Å². The molecule has 0 atom stereocenters. The van der Waals surface area contributed by atoms with Gasteiger partial charge in [-0.2, -0.15) is 0 Å². The van der Waals surface area contributed by atoms with Crippen LogP contribution in [0.4, 0.5) is 17.1 Å². The molecule has 35 heavy (non-hydrogen) atoms. The van der Waals surface area contributed by atoms with E-state index in [0.717, 1.165) is 4.90 Å². The predicted octanol–water partition coefficient (Wildman–Crippen LogP) is 4.78. The maximum atomic E-state index is 13.0. The highest BCUT2D eigenvalue weighted by Crippen LogP contribution is 2.31. The van der Waals surface area contributed by atoms with Gasteiger partial charge in [0.05, 0.1) is 25.1 Å². The summed E-state index contributed by atoms with van der Waals surface area (Å²) < 4.78 is 10.7. The van der Waals surface area contributed by atoms with E-state index in [-0.39, 0.29) is 16.6 Å². The zero-order chi connectivity index (χ0) is 24.9. The Hall–Kier alpha value is -4.30. The van der Waals surface area contributed by atoms with Crippen LogP contribution in [0.2, 0.25) is 0 Å². The van der Waals surface area contributed by atoms with E-state index in [1.807, 2.05) is 6.92 Å². The number of amides is 3.